The molecule has 2 aromatic heterocycles. The maximum absolute atomic E-state index is 5.68. The van der Waals surface area contributed by atoms with Gasteiger partial charge in [-0.1, -0.05) is 207 Å². The van der Waals surface area contributed by atoms with Crippen LogP contribution in [0.5, 0.6) is 0 Å². The molecule has 1 saturated carbocycles. The second kappa shape index (κ2) is 15.7. The van der Waals surface area contributed by atoms with Crippen molar-refractivity contribution in [3.05, 3.63) is 193 Å². The van der Waals surface area contributed by atoms with Crippen molar-refractivity contribution in [1.29, 1.82) is 0 Å². The van der Waals surface area contributed by atoms with E-state index in [2.05, 4.69) is 241 Å². The summed E-state index contributed by atoms with van der Waals surface area (Å²) in [4.78, 5) is 19.5. The summed E-state index contributed by atoms with van der Waals surface area (Å²) in [5.41, 5.74) is 7.97. The van der Waals surface area contributed by atoms with Crippen molar-refractivity contribution in [1.82, 2.24) is 19.5 Å². The molecule has 6 heteroatoms. The first-order valence-electron chi connectivity index (χ1n) is 24.2. The molecule has 0 amide bonds. The van der Waals surface area contributed by atoms with Crippen LogP contribution < -0.4 is 25.6 Å². The van der Waals surface area contributed by atoms with Gasteiger partial charge >= 0.3 is 0 Å². The zero-order valence-corrected chi connectivity index (χ0v) is 41.3. The van der Waals surface area contributed by atoms with Crippen molar-refractivity contribution in [2.24, 2.45) is 0 Å². The number of hydrogen-bond acceptors (Lipinski definition) is 4. The number of para-hydroxylation sites is 1. The Hall–Kier alpha value is -6.63. The smallest absolute Gasteiger partial charge is 0.240 e. The predicted molar refractivity (Wildman–Crippen MR) is 283 cm³/mol. The van der Waals surface area contributed by atoms with Crippen LogP contribution in [-0.2, 0) is 16.2 Å². The summed E-state index contributed by atoms with van der Waals surface area (Å²) in [6, 6.07) is 65.6. The molecule has 2 unspecified atom stereocenters. The highest BCUT2D eigenvalue weighted by atomic mass is 28.3. The average Bonchev–Trinajstić information content (AvgIpc) is 3.78. The van der Waals surface area contributed by atoms with E-state index in [0.717, 1.165) is 35.9 Å². The Labute approximate surface area is 397 Å². The molecule has 9 aromatic rings. The van der Waals surface area contributed by atoms with E-state index in [1.165, 1.54) is 60.3 Å². The van der Waals surface area contributed by atoms with Crippen LogP contribution in [0.3, 0.4) is 0 Å². The van der Waals surface area contributed by atoms with E-state index >= 15 is 0 Å². The number of hydrogen-bond donors (Lipinski definition) is 0. The van der Waals surface area contributed by atoms with Crippen molar-refractivity contribution in [2.45, 2.75) is 103 Å². The van der Waals surface area contributed by atoms with Crippen LogP contribution in [0.25, 0.3) is 39.1 Å². The maximum Gasteiger partial charge on any atom is 0.240 e. The molecule has 334 valence electrons. The highest BCUT2D eigenvalue weighted by molar-refractivity contribution is 7.19. The largest absolute Gasteiger partial charge is 0.303 e. The van der Waals surface area contributed by atoms with Gasteiger partial charge in [-0.05, 0) is 98.4 Å². The topological polar surface area (TPSA) is 46.8 Å². The van der Waals surface area contributed by atoms with Gasteiger partial charge in [-0.25, -0.2) is 0 Å². The monoisotopic (exact) mass is 891 g/mol. The van der Waals surface area contributed by atoms with Crippen molar-refractivity contribution in [3.8, 4) is 17.3 Å². The Balaban J connectivity index is 1.21. The summed E-state index contributed by atoms with van der Waals surface area (Å²) in [5, 5.41) is 7.68. The minimum Gasteiger partial charge on any atom is -0.303 e. The predicted octanol–water partition coefficient (Wildman–Crippen LogP) is 12.4. The van der Waals surface area contributed by atoms with E-state index < -0.39 is 8.07 Å². The average molecular weight is 892 g/mol. The molecule has 1 fully saturated rings. The summed E-state index contributed by atoms with van der Waals surface area (Å²) >= 11 is 0. The van der Waals surface area contributed by atoms with E-state index in [1.807, 2.05) is 0 Å². The number of aromatic nitrogens is 4. The first-order chi connectivity index (χ1) is 32.2. The number of nitrogens with zero attached hydrogens (tertiary/aromatic N) is 5. The molecule has 0 spiro atoms. The molecule has 0 N–H and O–H groups in total. The summed E-state index contributed by atoms with van der Waals surface area (Å²) in [6.45, 7) is 18.7. The fourth-order valence-corrected chi connectivity index (χ4v) is 16.6. The van der Waals surface area contributed by atoms with Gasteiger partial charge in [0, 0.05) is 27.4 Å². The van der Waals surface area contributed by atoms with Gasteiger partial charge < -0.3 is 4.90 Å². The third-order valence-electron chi connectivity index (χ3n) is 15.7. The van der Waals surface area contributed by atoms with E-state index in [0.29, 0.717) is 17.7 Å². The molecule has 1 aliphatic heterocycles. The molecular formula is C61H61N5Si. The first kappa shape index (κ1) is 43.0. The molecule has 7 aromatic carbocycles. The van der Waals surface area contributed by atoms with Crippen molar-refractivity contribution >= 4 is 62.3 Å². The minimum absolute atomic E-state index is 0.0220. The fraction of sp³-hybridized carbons (Fsp3) is 0.262. The number of fused-ring (bicyclic) bond motifs is 6. The Morgan fingerprint density at radius 1 is 0.478 bits per heavy atom. The zero-order valence-electron chi connectivity index (χ0n) is 40.3. The van der Waals surface area contributed by atoms with Crippen LogP contribution in [0.4, 0.5) is 11.6 Å². The lowest BCUT2D eigenvalue weighted by Crippen LogP contribution is -2.74. The van der Waals surface area contributed by atoms with Gasteiger partial charge in [0.2, 0.25) is 11.9 Å². The molecule has 3 heterocycles. The summed E-state index contributed by atoms with van der Waals surface area (Å²) in [7, 11) is -2.86. The van der Waals surface area contributed by atoms with Gasteiger partial charge in [-0.3, -0.25) is 4.57 Å². The van der Waals surface area contributed by atoms with E-state index in [-0.39, 0.29) is 21.8 Å². The molecule has 0 bridgehead atoms. The number of benzene rings is 7. The minimum atomic E-state index is -2.86. The molecule has 11 rings (SSSR count). The van der Waals surface area contributed by atoms with Crippen LogP contribution in [0.1, 0.15) is 97.8 Å². The van der Waals surface area contributed by atoms with Crippen LogP contribution in [0.15, 0.2) is 176 Å². The Morgan fingerprint density at radius 2 is 0.970 bits per heavy atom. The molecule has 67 heavy (non-hydrogen) atoms. The van der Waals surface area contributed by atoms with Crippen molar-refractivity contribution in [3.63, 3.8) is 0 Å². The standard InChI is InChI=1S/C61H61N5Si/c1-58(2,3)43-33-35-52-49(40-43)50-41-44(59(4,5)6)34-36-53(50)65(52)56-62-55(63-57(64-56)66-54-32-19-18-31-51(54)60(7)37-20-21-38-61(60,66)8)42-23-22-30-48(39-42)67(45-24-12-9-13-25-45,46-26-14-10-15-27-46)47-28-16-11-17-29-47/h9-19,22-36,39-41H,20-21,37-38H2,1-8H3. The first-order valence-corrected chi connectivity index (χ1v) is 26.2. The highest BCUT2D eigenvalue weighted by Crippen LogP contribution is 2.60. The van der Waals surface area contributed by atoms with Gasteiger partial charge in [0.1, 0.15) is 0 Å². The lowest BCUT2D eigenvalue weighted by molar-refractivity contribution is 0.193. The van der Waals surface area contributed by atoms with Gasteiger partial charge in [0.15, 0.2) is 13.9 Å². The van der Waals surface area contributed by atoms with Crippen molar-refractivity contribution < 1.29 is 0 Å². The fourth-order valence-electron chi connectivity index (χ4n) is 11.8. The molecule has 0 radical (unpaired) electrons. The second-order valence-corrected chi connectivity index (χ2v) is 25.5. The zero-order chi connectivity index (χ0) is 46.3. The second-order valence-electron chi connectivity index (χ2n) is 21.7. The third-order valence-corrected chi connectivity index (χ3v) is 20.5. The Kier molecular flexibility index (Phi) is 10.1. The number of rotatable bonds is 7. The van der Waals surface area contributed by atoms with Gasteiger partial charge in [0.05, 0.1) is 16.6 Å². The molecule has 5 nitrogen and oxygen atoms in total. The van der Waals surface area contributed by atoms with Crippen LogP contribution >= 0.6 is 0 Å². The highest BCUT2D eigenvalue weighted by Gasteiger charge is 2.58. The van der Waals surface area contributed by atoms with Gasteiger partial charge in [0.25, 0.3) is 0 Å². The van der Waals surface area contributed by atoms with E-state index in [9.17, 15) is 0 Å². The molecule has 1 aliphatic carbocycles. The van der Waals surface area contributed by atoms with Crippen LogP contribution in [0.2, 0.25) is 0 Å². The van der Waals surface area contributed by atoms with Crippen LogP contribution in [0, 0.1) is 0 Å². The SMILES string of the molecule is CC(C)(C)c1ccc2c(c1)c1cc(C(C)(C)C)ccc1n2-c1nc(-c2cccc([Si](c3ccccc3)(c3ccccc3)c3ccccc3)c2)nc(N2c3ccccc3C3(C)CCCCC23C)n1. The molecule has 0 saturated heterocycles. The van der Waals surface area contributed by atoms with Crippen molar-refractivity contribution in [2.75, 3.05) is 4.90 Å². The number of anilines is 2. The molecule has 2 atom stereocenters. The lowest BCUT2D eigenvalue weighted by Gasteiger charge is -2.49. The Morgan fingerprint density at radius 3 is 1.52 bits per heavy atom. The quantitative estimate of drug-likeness (QED) is 0.118. The Bertz CT molecular complexity index is 3140. The van der Waals surface area contributed by atoms with E-state index in [1.54, 1.807) is 0 Å². The van der Waals surface area contributed by atoms with Gasteiger partial charge in [-0.2, -0.15) is 15.0 Å². The molecular weight excluding hydrogens is 831 g/mol. The summed E-state index contributed by atoms with van der Waals surface area (Å²) in [6.07, 6.45) is 4.53. The van der Waals surface area contributed by atoms with Gasteiger partial charge in [-0.15, -0.1) is 0 Å². The maximum atomic E-state index is 5.68. The molecule has 2 aliphatic rings. The third kappa shape index (κ3) is 6.73. The normalized spacial score (nSPS) is 18.6. The summed E-state index contributed by atoms with van der Waals surface area (Å²) < 4.78 is 2.31. The lowest BCUT2D eigenvalue weighted by atomic mass is 9.61. The summed E-state index contributed by atoms with van der Waals surface area (Å²) in [5.74, 6) is 1.98. The van der Waals surface area contributed by atoms with Crippen LogP contribution in [-0.4, -0.2) is 33.1 Å². The van der Waals surface area contributed by atoms with E-state index in [4.69, 9.17) is 15.0 Å².